The third-order valence-electron chi connectivity index (χ3n) is 7.62. The largest absolute Gasteiger partial charge is 0.494 e. The molecule has 0 saturated heterocycles. The van der Waals surface area contributed by atoms with Gasteiger partial charge in [0.05, 0.1) is 17.6 Å². The number of unbranched alkanes of at least 4 members (excludes halogenated alkanes) is 10. The van der Waals surface area contributed by atoms with Crippen LogP contribution in [-0.4, -0.2) is 17.6 Å². The van der Waals surface area contributed by atoms with Gasteiger partial charge in [-0.2, -0.15) is 0 Å². The number of nitro benzene ring substituents is 1. The lowest BCUT2D eigenvalue weighted by atomic mass is 10.00. The summed E-state index contributed by atoms with van der Waals surface area (Å²) in [4.78, 5) is 11.5. The highest BCUT2D eigenvalue weighted by Gasteiger charge is 2.19. The third-order valence-corrected chi connectivity index (χ3v) is 7.62. The lowest BCUT2D eigenvalue weighted by molar-refractivity contribution is -0.386. The van der Waals surface area contributed by atoms with E-state index in [4.69, 9.17) is 9.47 Å². The van der Waals surface area contributed by atoms with E-state index in [9.17, 15) is 10.1 Å². The third kappa shape index (κ3) is 11.2. The quantitative estimate of drug-likeness (QED) is 0.0784. The first-order valence-electron chi connectivity index (χ1n) is 15.8. The zero-order valence-corrected chi connectivity index (χ0v) is 25.4. The molecule has 0 spiro atoms. The van der Waals surface area contributed by atoms with E-state index >= 15 is 0 Å². The van der Waals surface area contributed by atoms with Crippen LogP contribution < -0.4 is 9.47 Å². The lowest BCUT2D eigenvalue weighted by Crippen LogP contribution is -2.12. The number of ether oxygens (including phenoxy) is 2. The zero-order chi connectivity index (χ0) is 29.3. The normalized spacial score (nSPS) is 11.8. The molecule has 3 rings (SSSR count). The Balaban J connectivity index is 1.52. The highest BCUT2D eigenvalue weighted by molar-refractivity contribution is 5.73. The molecule has 0 aliphatic heterocycles. The minimum Gasteiger partial charge on any atom is -0.494 e. The van der Waals surface area contributed by atoms with Crippen LogP contribution in [0.2, 0.25) is 0 Å². The van der Waals surface area contributed by atoms with Gasteiger partial charge in [-0.15, -0.1) is 0 Å². The van der Waals surface area contributed by atoms with Crippen molar-refractivity contribution >= 4 is 5.69 Å². The Morgan fingerprint density at radius 3 is 1.73 bits per heavy atom. The molecule has 5 heteroatoms. The molecule has 0 bridgehead atoms. The molecule has 1 atom stereocenters. The van der Waals surface area contributed by atoms with Crippen LogP contribution >= 0.6 is 0 Å². The predicted molar refractivity (Wildman–Crippen MR) is 171 cm³/mol. The molecular formula is C36H49NO4. The molecule has 0 aromatic heterocycles. The van der Waals surface area contributed by atoms with E-state index in [-0.39, 0.29) is 16.7 Å². The van der Waals surface area contributed by atoms with Crippen LogP contribution in [0.1, 0.15) is 104 Å². The van der Waals surface area contributed by atoms with Gasteiger partial charge in [0.1, 0.15) is 5.75 Å². The summed E-state index contributed by atoms with van der Waals surface area (Å²) in [6.45, 7) is 7.19. The molecule has 0 fully saturated rings. The molecule has 41 heavy (non-hydrogen) atoms. The van der Waals surface area contributed by atoms with Crippen molar-refractivity contribution in [3.63, 3.8) is 0 Å². The maximum Gasteiger partial charge on any atom is 0.311 e. The van der Waals surface area contributed by atoms with Crippen molar-refractivity contribution in [1.82, 2.24) is 0 Å². The number of hydrogen-bond acceptors (Lipinski definition) is 4. The summed E-state index contributed by atoms with van der Waals surface area (Å²) in [7, 11) is 0. The van der Waals surface area contributed by atoms with Crippen molar-refractivity contribution in [3.8, 4) is 33.8 Å². The Morgan fingerprint density at radius 2 is 1.15 bits per heavy atom. The van der Waals surface area contributed by atoms with Gasteiger partial charge in [0.2, 0.25) is 0 Å². The standard InChI is InChI=1S/C36H49NO4/c1-4-6-8-10-11-12-13-15-27-40-34-24-21-31(22-25-34)30-17-19-32(20-18-30)33-23-26-36(35(28-33)37(38)39)41-29(3)16-14-9-7-5-2/h17-26,28-29H,4-16,27H2,1-3H3. The van der Waals surface area contributed by atoms with Gasteiger partial charge in [-0.1, -0.05) is 121 Å². The van der Waals surface area contributed by atoms with Crippen LogP contribution in [0.25, 0.3) is 22.3 Å². The van der Waals surface area contributed by atoms with Crippen LogP contribution in [0.5, 0.6) is 11.5 Å². The number of rotatable bonds is 20. The fourth-order valence-electron chi connectivity index (χ4n) is 5.10. The van der Waals surface area contributed by atoms with Crippen molar-refractivity contribution in [2.45, 2.75) is 110 Å². The lowest BCUT2D eigenvalue weighted by Gasteiger charge is -2.15. The molecule has 0 heterocycles. The summed E-state index contributed by atoms with van der Waals surface area (Å²) in [5.41, 5.74) is 3.94. The van der Waals surface area contributed by atoms with Crippen molar-refractivity contribution < 1.29 is 14.4 Å². The molecule has 5 nitrogen and oxygen atoms in total. The second kappa shape index (κ2) is 18.2. The van der Waals surface area contributed by atoms with E-state index in [1.54, 1.807) is 12.1 Å². The minimum atomic E-state index is -0.352. The topological polar surface area (TPSA) is 61.6 Å². The van der Waals surface area contributed by atoms with Crippen molar-refractivity contribution in [3.05, 3.63) is 76.8 Å². The number of nitrogens with zero attached hydrogens (tertiary/aromatic N) is 1. The van der Waals surface area contributed by atoms with Crippen LogP contribution in [-0.2, 0) is 0 Å². The first-order chi connectivity index (χ1) is 20.0. The molecule has 0 radical (unpaired) electrons. The Labute approximate surface area is 247 Å². The predicted octanol–water partition coefficient (Wildman–Crippen LogP) is 11.2. The fraction of sp³-hybridized carbons (Fsp3) is 0.500. The summed E-state index contributed by atoms with van der Waals surface area (Å²) < 4.78 is 11.9. The Hall–Kier alpha value is -3.34. The van der Waals surface area contributed by atoms with Gasteiger partial charge in [-0.3, -0.25) is 10.1 Å². The maximum atomic E-state index is 11.8. The summed E-state index contributed by atoms with van der Waals surface area (Å²) in [6, 6.07) is 21.6. The SMILES string of the molecule is CCCCCCCCCCOc1ccc(-c2ccc(-c3ccc(OC(C)CCCCCC)c([N+](=O)[O-])c3)cc2)cc1. The van der Waals surface area contributed by atoms with Crippen molar-refractivity contribution in [2.75, 3.05) is 6.61 Å². The van der Waals surface area contributed by atoms with Crippen LogP contribution in [0, 0.1) is 10.1 Å². The van der Waals surface area contributed by atoms with E-state index in [1.165, 1.54) is 64.2 Å². The molecule has 0 aliphatic carbocycles. The number of nitro groups is 1. The van der Waals surface area contributed by atoms with Crippen LogP contribution in [0.3, 0.4) is 0 Å². The molecule has 222 valence electrons. The zero-order valence-electron chi connectivity index (χ0n) is 25.4. The average molecular weight is 560 g/mol. The van der Waals surface area contributed by atoms with Gasteiger partial charge >= 0.3 is 5.69 Å². The Kier molecular flexibility index (Phi) is 14.3. The Morgan fingerprint density at radius 1 is 0.659 bits per heavy atom. The molecular weight excluding hydrogens is 510 g/mol. The first kappa shape index (κ1) is 32.2. The van der Waals surface area contributed by atoms with Gasteiger partial charge in [0.25, 0.3) is 0 Å². The molecule has 0 aliphatic rings. The van der Waals surface area contributed by atoms with Gasteiger partial charge in [0, 0.05) is 6.07 Å². The van der Waals surface area contributed by atoms with E-state index < -0.39 is 0 Å². The highest BCUT2D eigenvalue weighted by atomic mass is 16.6. The van der Waals surface area contributed by atoms with Gasteiger partial charge in [0.15, 0.2) is 5.75 Å². The van der Waals surface area contributed by atoms with E-state index in [2.05, 4.69) is 38.1 Å². The second-order valence-corrected chi connectivity index (χ2v) is 11.1. The van der Waals surface area contributed by atoms with Gasteiger partial charge in [-0.05, 0) is 66.6 Å². The van der Waals surface area contributed by atoms with Gasteiger partial charge < -0.3 is 9.47 Å². The molecule has 3 aromatic carbocycles. The fourth-order valence-corrected chi connectivity index (χ4v) is 5.10. The minimum absolute atomic E-state index is 0.00884. The monoisotopic (exact) mass is 559 g/mol. The molecule has 0 N–H and O–H groups in total. The Bertz CT molecular complexity index is 1160. The average Bonchev–Trinajstić information content (AvgIpc) is 2.99. The molecule has 0 amide bonds. The van der Waals surface area contributed by atoms with Crippen LogP contribution in [0.15, 0.2) is 66.7 Å². The van der Waals surface area contributed by atoms with Crippen LogP contribution in [0.4, 0.5) is 5.69 Å². The number of benzene rings is 3. The first-order valence-corrected chi connectivity index (χ1v) is 15.8. The summed E-state index contributed by atoms with van der Waals surface area (Å²) >= 11 is 0. The van der Waals surface area contributed by atoms with Crippen molar-refractivity contribution in [2.24, 2.45) is 0 Å². The smallest absolute Gasteiger partial charge is 0.311 e. The summed E-state index contributed by atoms with van der Waals surface area (Å²) in [6.07, 6.45) is 15.8. The van der Waals surface area contributed by atoms with Gasteiger partial charge in [-0.25, -0.2) is 0 Å². The van der Waals surface area contributed by atoms with E-state index in [1.807, 2.05) is 37.3 Å². The summed E-state index contributed by atoms with van der Waals surface area (Å²) in [5, 5.41) is 11.8. The molecule has 1 unspecified atom stereocenters. The molecule has 3 aromatic rings. The second-order valence-electron chi connectivity index (χ2n) is 11.1. The van der Waals surface area contributed by atoms with E-state index in [0.717, 1.165) is 53.9 Å². The maximum absolute atomic E-state index is 11.8. The van der Waals surface area contributed by atoms with Crippen molar-refractivity contribution in [1.29, 1.82) is 0 Å². The van der Waals surface area contributed by atoms with E-state index in [0.29, 0.717) is 5.75 Å². The highest BCUT2D eigenvalue weighted by Crippen LogP contribution is 2.34. The molecule has 0 saturated carbocycles. The number of hydrogen-bond donors (Lipinski definition) is 0. The summed E-state index contributed by atoms with van der Waals surface area (Å²) in [5.74, 6) is 1.24.